The lowest BCUT2D eigenvalue weighted by Crippen LogP contribution is -2.00. The first-order chi connectivity index (χ1) is 7.13. The first-order valence-electron chi connectivity index (χ1n) is 4.44. The van der Waals surface area contributed by atoms with Gasteiger partial charge in [0.2, 0.25) is 0 Å². The molecule has 0 saturated carbocycles. The van der Waals surface area contributed by atoms with E-state index in [-0.39, 0.29) is 11.3 Å². The van der Waals surface area contributed by atoms with Crippen molar-refractivity contribution in [1.29, 1.82) is 0 Å². The van der Waals surface area contributed by atoms with Crippen molar-refractivity contribution in [2.24, 2.45) is 0 Å². The van der Waals surface area contributed by atoms with E-state index >= 15 is 0 Å². The molecule has 4 heteroatoms. The molecule has 0 unspecified atom stereocenters. The average molecular weight is 222 g/mol. The molecule has 1 aromatic carbocycles. The van der Waals surface area contributed by atoms with Crippen molar-refractivity contribution in [3.63, 3.8) is 0 Å². The molecule has 0 aliphatic carbocycles. The van der Waals surface area contributed by atoms with Crippen LogP contribution in [0.1, 0.15) is 15.2 Å². The van der Waals surface area contributed by atoms with Crippen LogP contribution in [0.2, 0.25) is 0 Å². The van der Waals surface area contributed by atoms with Crippen molar-refractivity contribution in [3.8, 4) is 5.75 Å². The number of methoxy groups -OCH3 is 1. The summed E-state index contributed by atoms with van der Waals surface area (Å²) in [5, 5.41) is 10.8. The van der Waals surface area contributed by atoms with Crippen molar-refractivity contribution in [3.05, 3.63) is 28.6 Å². The van der Waals surface area contributed by atoms with Gasteiger partial charge in [-0.25, -0.2) is 4.79 Å². The lowest BCUT2D eigenvalue weighted by Gasteiger charge is -2.02. The summed E-state index contributed by atoms with van der Waals surface area (Å²) < 4.78 is 5.31. The second-order valence-corrected chi connectivity index (χ2v) is 4.49. The van der Waals surface area contributed by atoms with Crippen LogP contribution in [0, 0.1) is 6.92 Å². The summed E-state index contributed by atoms with van der Waals surface area (Å²) in [4.78, 5) is 12.4. The third kappa shape index (κ3) is 1.57. The number of ether oxygens (including phenoxy) is 1. The Morgan fingerprint density at radius 2 is 2.20 bits per heavy atom. The van der Waals surface area contributed by atoms with E-state index < -0.39 is 5.97 Å². The molecule has 78 valence electrons. The van der Waals surface area contributed by atoms with Gasteiger partial charge in [0.05, 0.1) is 11.8 Å². The third-order valence-electron chi connectivity index (χ3n) is 2.19. The second kappa shape index (κ2) is 3.55. The highest BCUT2D eigenvalue weighted by Gasteiger charge is 2.15. The van der Waals surface area contributed by atoms with Crippen molar-refractivity contribution < 1.29 is 14.6 Å². The van der Waals surface area contributed by atoms with E-state index in [4.69, 9.17) is 0 Å². The van der Waals surface area contributed by atoms with Gasteiger partial charge in [0.15, 0.2) is 0 Å². The predicted molar refractivity (Wildman–Crippen MR) is 59.6 cm³/mol. The number of carbonyl (C=O) groups is 1. The Kier molecular flexibility index (Phi) is 2.36. The van der Waals surface area contributed by atoms with Crippen LogP contribution in [-0.2, 0) is 4.74 Å². The number of benzene rings is 1. The Labute approximate surface area is 90.9 Å². The standard InChI is InChI=1S/C11H10O3S/c1-6-5-7-3-4-8(11(13)14-2)9(12)10(7)15-6/h3-5,12H,1-2H3. The van der Waals surface area contributed by atoms with E-state index in [2.05, 4.69) is 4.74 Å². The Bertz CT molecular complexity index is 528. The summed E-state index contributed by atoms with van der Waals surface area (Å²) in [5.74, 6) is -0.502. The fourth-order valence-electron chi connectivity index (χ4n) is 1.49. The third-order valence-corrected chi connectivity index (χ3v) is 3.26. The summed E-state index contributed by atoms with van der Waals surface area (Å²) in [5.41, 5.74) is 0.215. The number of hydrogen-bond acceptors (Lipinski definition) is 4. The zero-order valence-electron chi connectivity index (χ0n) is 8.40. The van der Waals surface area contributed by atoms with E-state index in [0.717, 1.165) is 15.0 Å². The predicted octanol–water partition coefficient (Wildman–Crippen LogP) is 2.70. The highest BCUT2D eigenvalue weighted by molar-refractivity contribution is 7.19. The van der Waals surface area contributed by atoms with Gasteiger partial charge < -0.3 is 9.84 Å². The molecule has 0 amide bonds. The van der Waals surface area contributed by atoms with Crippen LogP contribution in [0.25, 0.3) is 10.1 Å². The van der Waals surface area contributed by atoms with E-state index in [9.17, 15) is 9.90 Å². The van der Waals surface area contributed by atoms with Gasteiger partial charge in [0.1, 0.15) is 11.3 Å². The zero-order valence-corrected chi connectivity index (χ0v) is 9.22. The first-order valence-corrected chi connectivity index (χ1v) is 5.25. The molecular formula is C11H10O3S. The minimum absolute atomic E-state index is 0.0115. The average Bonchev–Trinajstić information content (AvgIpc) is 2.59. The molecule has 0 bridgehead atoms. The fraction of sp³-hybridized carbons (Fsp3) is 0.182. The molecule has 2 rings (SSSR count). The number of aromatic hydroxyl groups is 1. The highest BCUT2D eigenvalue weighted by Crippen LogP contribution is 2.35. The number of carbonyl (C=O) groups excluding carboxylic acids is 1. The van der Waals surface area contributed by atoms with Crippen molar-refractivity contribution in [1.82, 2.24) is 0 Å². The van der Waals surface area contributed by atoms with E-state index in [0.29, 0.717) is 0 Å². The van der Waals surface area contributed by atoms with Crippen LogP contribution in [0.15, 0.2) is 18.2 Å². The zero-order chi connectivity index (χ0) is 11.0. The summed E-state index contributed by atoms with van der Waals surface area (Å²) >= 11 is 1.46. The van der Waals surface area contributed by atoms with Gasteiger partial charge in [-0.05, 0) is 24.4 Å². The largest absolute Gasteiger partial charge is 0.506 e. The molecule has 3 nitrogen and oxygen atoms in total. The summed E-state index contributed by atoms with van der Waals surface area (Å²) in [6.07, 6.45) is 0. The molecule has 0 saturated heterocycles. The number of fused-ring (bicyclic) bond motifs is 1. The molecule has 0 fully saturated rings. The monoisotopic (exact) mass is 222 g/mol. The van der Waals surface area contributed by atoms with Crippen LogP contribution in [0.4, 0.5) is 0 Å². The Hall–Kier alpha value is -1.55. The maximum absolute atomic E-state index is 11.3. The van der Waals surface area contributed by atoms with Gasteiger partial charge in [-0.1, -0.05) is 6.07 Å². The lowest BCUT2D eigenvalue weighted by molar-refractivity contribution is 0.0598. The Morgan fingerprint density at radius 3 is 2.87 bits per heavy atom. The smallest absolute Gasteiger partial charge is 0.341 e. The summed E-state index contributed by atoms with van der Waals surface area (Å²) in [6.45, 7) is 1.96. The Morgan fingerprint density at radius 1 is 1.47 bits per heavy atom. The second-order valence-electron chi connectivity index (χ2n) is 3.23. The van der Waals surface area contributed by atoms with Crippen molar-refractivity contribution in [2.75, 3.05) is 7.11 Å². The fourth-order valence-corrected chi connectivity index (χ4v) is 2.45. The van der Waals surface area contributed by atoms with Gasteiger partial charge >= 0.3 is 5.97 Å². The molecule has 1 heterocycles. The minimum atomic E-state index is -0.513. The van der Waals surface area contributed by atoms with Gasteiger partial charge in [0.25, 0.3) is 0 Å². The van der Waals surface area contributed by atoms with Crippen LogP contribution in [0.5, 0.6) is 5.75 Å². The van der Waals surface area contributed by atoms with Crippen LogP contribution in [-0.4, -0.2) is 18.2 Å². The maximum atomic E-state index is 11.3. The Balaban J connectivity index is 2.69. The summed E-state index contributed by atoms with van der Waals surface area (Å²) in [6, 6.07) is 5.36. The van der Waals surface area contributed by atoms with Gasteiger partial charge in [-0.15, -0.1) is 11.3 Å². The topological polar surface area (TPSA) is 46.5 Å². The molecule has 0 aliphatic rings. The van der Waals surface area contributed by atoms with Crippen molar-refractivity contribution >= 4 is 27.4 Å². The number of phenolic OH excluding ortho intramolecular Hbond substituents is 1. The summed E-state index contributed by atoms with van der Waals surface area (Å²) in [7, 11) is 1.30. The molecule has 1 aromatic heterocycles. The van der Waals surface area contributed by atoms with Crippen LogP contribution in [0.3, 0.4) is 0 Å². The molecule has 15 heavy (non-hydrogen) atoms. The number of hydrogen-bond donors (Lipinski definition) is 1. The molecule has 2 aromatic rings. The number of aryl methyl sites for hydroxylation is 1. The first kappa shape index (κ1) is 9.98. The van der Waals surface area contributed by atoms with E-state index in [1.807, 2.05) is 19.1 Å². The molecule has 0 radical (unpaired) electrons. The number of thiophene rings is 1. The molecule has 0 atom stereocenters. The molecule has 0 aliphatic heterocycles. The van der Waals surface area contributed by atoms with Gasteiger partial charge in [-0.3, -0.25) is 0 Å². The minimum Gasteiger partial charge on any atom is -0.506 e. The molecular weight excluding hydrogens is 212 g/mol. The van der Waals surface area contributed by atoms with Crippen LogP contribution < -0.4 is 0 Å². The number of esters is 1. The van der Waals surface area contributed by atoms with Gasteiger partial charge in [0, 0.05) is 4.88 Å². The lowest BCUT2D eigenvalue weighted by atomic mass is 10.1. The van der Waals surface area contributed by atoms with Crippen molar-refractivity contribution in [2.45, 2.75) is 6.92 Å². The maximum Gasteiger partial charge on any atom is 0.341 e. The SMILES string of the molecule is COC(=O)c1ccc2cc(C)sc2c1O. The van der Waals surface area contributed by atoms with E-state index in [1.54, 1.807) is 6.07 Å². The quantitative estimate of drug-likeness (QED) is 0.754. The van der Waals surface area contributed by atoms with E-state index in [1.165, 1.54) is 18.4 Å². The number of rotatable bonds is 1. The normalized spacial score (nSPS) is 10.5. The highest BCUT2D eigenvalue weighted by atomic mass is 32.1. The number of phenols is 1. The molecule has 1 N–H and O–H groups in total. The van der Waals surface area contributed by atoms with Crippen LogP contribution >= 0.6 is 11.3 Å². The van der Waals surface area contributed by atoms with Gasteiger partial charge in [-0.2, -0.15) is 0 Å². The molecule has 0 spiro atoms.